The van der Waals surface area contributed by atoms with Gasteiger partial charge in [0.2, 0.25) is 0 Å². The van der Waals surface area contributed by atoms with Gasteiger partial charge < -0.3 is 4.74 Å². The van der Waals surface area contributed by atoms with Crippen molar-refractivity contribution >= 4 is 34.7 Å². The van der Waals surface area contributed by atoms with Crippen molar-refractivity contribution in [2.24, 2.45) is 0 Å². The molecule has 3 rings (SSSR count). The van der Waals surface area contributed by atoms with E-state index >= 15 is 0 Å². The molecule has 2 aromatic carbocycles. The van der Waals surface area contributed by atoms with Crippen LogP contribution in [0.3, 0.4) is 0 Å². The number of imide groups is 1. The third kappa shape index (κ3) is 2.49. The number of halogens is 1. The first-order valence-electron chi connectivity index (χ1n) is 7.45. The van der Waals surface area contributed by atoms with E-state index in [1.807, 2.05) is 26.0 Å². The third-order valence-electron chi connectivity index (χ3n) is 4.15. The molecule has 0 N–H and O–H groups in total. The number of methoxy groups -OCH3 is 1. The summed E-state index contributed by atoms with van der Waals surface area (Å²) in [6.45, 7) is 3.93. The van der Waals surface area contributed by atoms with Crippen LogP contribution in [0.1, 0.15) is 16.7 Å². The normalized spacial score (nSPS) is 14.6. The highest BCUT2D eigenvalue weighted by Gasteiger charge is 2.40. The van der Waals surface area contributed by atoms with E-state index in [1.54, 1.807) is 30.3 Å². The van der Waals surface area contributed by atoms with Crippen molar-refractivity contribution in [3.8, 4) is 5.75 Å². The maximum atomic E-state index is 12.9. The molecule has 24 heavy (non-hydrogen) atoms. The quantitative estimate of drug-likeness (QED) is 0.797. The number of aryl methyl sites for hydroxylation is 2. The van der Waals surface area contributed by atoms with Crippen LogP contribution in [-0.4, -0.2) is 18.9 Å². The van der Waals surface area contributed by atoms with Gasteiger partial charge in [0.25, 0.3) is 11.8 Å². The highest BCUT2D eigenvalue weighted by atomic mass is 35.5. The molecule has 4 nitrogen and oxygen atoms in total. The molecule has 5 heteroatoms. The van der Waals surface area contributed by atoms with Gasteiger partial charge in [-0.3, -0.25) is 9.59 Å². The standard InChI is InChI=1S/C19H16ClNO3/c1-11-8-9-13(10-12(11)2)16-17(20)19(23)21(18(16)22)14-6-4-5-7-15(14)24-3/h4-10H,1-3H3. The van der Waals surface area contributed by atoms with E-state index < -0.39 is 11.8 Å². The van der Waals surface area contributed by atoms with E-state index in [0.29, 0.717) is 17.0 Å². The van der Waals surface area contributed by atoms with Crippen molar-refractivity contribution < 1.29 is 14.3 Å². The Morgan fingerprint density at radius 2 is 1.67 bits per heavy atom. The van der Waals surface area contributed by atoms with Crippen molar-refractivity contribution in [2.45, 2.75) is 13.8 Å². The highest BCUT2D eigenvalue weighted by Crippen LogP contribution is 2.38. The highest BCUT2D eigenvalue weighted by molar-refractivity contribution is 6.60. The average Bonchev–Trinajstić information content (AvgIpc) is 2.80. The summed E-state index contributed by atoms with van der Waals surface area (Å²) in [6, 6.07) is 12.4. The number of benzene rings is 2. The van der Waals surface area contributed by atoms with Crippen LogP contribution in [0.2, 0.25) is 0 Å². The zero-order chi connectivity index (χ0) is 17.4. The minimum absolute atomic E-state index is 0.0749. The van der Waals surface area contributed by atoms with E-state index in [-0.39, 0.29) is 10.6 Å². The zero-order valence-electron chi connectivity index (χ0n) is 13.6. The summed E-state index contributed by atoms with van der Waals surface area (Å²) in [4.78, 5) is 26.5. The summed E-state index contributed by atoms with van der Waals surface area (Å²) in [5.41, 5.74) is 3.37. The molecule has 0 saturated heterocycles. The van der Waals surface area contributed by atoms with E-state index in [1.165, 1.54) is 7.11 Å². The van der Waals surface area contributed by atoms with Crippen LogP contribution in [-0.2, 0) is 9.59 Å². The summed E-state index contributed by atoms with van der Waals surface area (Å²) < 4.78 is 5.26. The van der Waals surface area contributed by atoms with E-state index in [0.717, 1.165) is 16.0 Å². The fourth-order valence-electron chi connectivity index (χ4n) is 2.68. The van der Waals surface area contributed by atoms with Crippen LogP contribution < -0.4 is 9.64 Å². The maximum absolute atomic E-state index is 12.9. The topological polar surface area (TPSA) is 46.6 Å². The Balaban J connectivity index is 2.09. The van der Waals surface area contributed by atoms with E-state index in [4.69, 9.17) is 16.3 Å². The number of nitrogens with zero attached hydrogens (tertiary/aromatic N) is 1. The lowest BCUT2D eigenvalue weighted by Gasteiger charge is -2.17. The number of carbonyl (C=O) groups excluding carboxylic acids is 2. The predicted molar refractivity (Wildman–Crippen MR) is 94.2 cm³/mol. The Bertz CT molecular complexity index is 886. The summed E-state index contributed by atoms with van der Waals surface area (Å²) in [7, 11) is 1.49. The second-order valence-corrected chi connectivity index (χ2v) is 5.98. The van der Waals surface area contributed by atoms with Gasteiger partial charge in [-0.1, -0.05) is 41.9 Å². The summed E-state index contributed by atoms with van der Waals surface area (Å²) in [5.74, 6) is -0.554. The maximum Gasteiger partial charge on any atom is 0.277 e. The van der Waals surface area contributed by atoms with Crippen LogP contribution in [0.25, 0.3) is 5.57 Å². The number of ether oxygens (including phenoxy) is 1. The lowest BCUT2D eigenvalue weighted by Crippen LogP contribution is -2.31. The molecular formula is C19H16ClNO3. The summed E-state index contributed by atoms with van der Waals surface area (Å²) >= 11 is 6.22. The molecule has 122 valence electrons. The van der Waals surface area contributed by atoms with Crippen LogP contribution in [0.4, 0.5) is 5.69 Å². The lowest BCUT2D eigenvalue weighted by molar-refractivity contribution is -0.119. The first-order valence-corrected chi connectivity index (χ1v) is 7.82. The van der Waals surface area contributed by atoms with Gasteiger partial charge in [-0.25, -0.2) is 4.90 Å². The van der Waals surface area contributed by atoms with Gasteiger partial charge in [0, 0.05) is 0 Å². The van der Waals surface area contributed by atoms with Crippen LogP contribution in [0.5, 0.6) is 5.75 Å². The molecular weight excluding hydrogens is 326 g/mol. The molecule has 0 radical (unpaired) electrons. The van der Waals surface area contributed by atoms with E-state index in [2.05, 4.69) is 0 Å². The molecule has 0 aliphatic carbocycles. The van der Waals surface area contributed by atoms with Gasteiger partial charge in [-0.2, -0.15) is 0 Å². The Labute approximate surface area is 145 Å². The largest absolute Gasteiger partial charge is 0.495 e. The number of hydrogen-bond donors (Lipinski definition) is 0. The molecule has 0 atom stereocenters. The smallest absolute Gasteiger partial charge is 0.277 e. The third-order valence-corrected chi connectivity index (χ3v) is 4.50. The molecule has 0 fully saturated rings. The van der Waals surface area contributed by atoms with Gasteiger partial charge in [0.1, 0.15) is 10.8 Å². The molecule has 1 aliphatic heterocycles. The first kappa shape index (κ1) is 16.3. The van der Waals surface area contributed by atoms with Gasteiger partial charge in [-0.05, 0) is 42.7 Å². The number of hydrogen-bond acceptors (Lipinski definition) is 3. The molecule has 2 amide bonds. The summed E-state index contributed by atoms with van der Waals surface area (Å²) in [6.07, 6.45) is 0. The van der Waals surface area contributed by atoms with Gasteiger partial charge in [0.15, 0.2) is 0 Å². The number of para-hydroxylation sites is 2. The minimum Gasteiger partial charge on any atom is -0.495 e. The number of amides is 2. The second kappa shape index (κ2) is 6.13. The van der Waals surface area contributed by atoms with Crippen molar-refractivity contribution in [2.75, 3.05) is 12.0 Å². The summed E-state index contributed by atoms with van der Waals surface area (Å²) in [5, 5.41) is -0.0749. The first-order chi connectivity index (χ1) is 11.5. The molecule has 0 spiro atoms. The Morgan fingerprint density at radius 3 is 2.33 bits per heavy atom. The SMILES string of the molecule is COc1ccccc1N1C(=O)C(Cl)=C(c2ccc(C)c(C)c2)C1=O. The predicted octanol–water partition coefficient (Wildman–Crippen LogP) is 3.84. The molecule has 0 saturated carbocycles. The fraction of sp³-hybridized carbons (Fsp3) is 0.158. The lowest BCUT2D eigenvalue weighted by atomic mass is 10.0. The second-order valence-electron chi connectivity index (χ2n) is 5.61. The molecule has 0 bridgehead atoms. The Morgan fingerprint density at radius 1 is 0.958 bits per heavy atom. The molecule has 0 aromatic heterocycles. The molecule has 0 unspecified atom stereocenters. The Kier molecular flexibility index (Phi) is 4.16. The van der Waals surface area contributed by atoms with Gasteiger partial charge in [-0.15, -0.1) is 0 Å². The van der Waals surface area contributed by atoms with Crippen LogP contribution in [0, 0.1) is 13.8 Å². The zero-order valence-corrected chi connectivity index (χ0v) is 14.3. The van der Waals surface area contributed by atoms with Gasteiger partial charge >= 0.3 is 0 Å². The van der Waals surface area contributed by atoms with Crippen molar-refractivity contribution in [3.63, 3.8) is 0 Å². The fourth-order valence-corrected chi connectivity index (χ4v) is 2.96. The minimum atomic E-state index is -0.542. The van der Waals surface area contributed by atoms with Crippen LogP contribution >= 0.6 is 11.6 Å². The van der Waals surface area contributed by atoms with Crippen molar-refractivity contribution in [1.82, 2.24) is 0 Å². The van der Waals surface area contributed by atoms with Gasteiger partial charge in [0.05, 0.1) is 18.4 Å². The van der Waals surface area contributed by atoms with E-state index in [9.17, 15) is 9.59 Å². The number of carbonyl (C=O) groups is 2. The number of anilines is 1. The molecule has 1 heterocycles. The average molecular weight is 342 g/mol. The molecule has 2 aromatic rings. The monoisotopic (exact) mass is 341 g/mol. The molecule has 1 aliphatic rings. The van der Waals surface area contributed by atoms with Crippen molar-refractivity contribution in [3.05, 3.63) is 64.2 Å². The van der Waals surface area contributed by atoms with Crippen molar-refractivity contribution in [1.29, 1.82) is 0 Å². The number of rotatable bonds is 3. The van der Waals surface area contributed by atoms with Crippen LogP contribution in [0.15, 0.2) is 47.5 Å². The Hall–Kier alpha value is -2.59.